The molecule has 5 nitrogen and oxygen atoms in total. The van der Waals surface area contributed by atoms with Gasteiger partial charge in [-0.05, 0) is 25.3 Å². The van der Waals surface area contributed by atoms with Crippen LogP contribution in [-0.2, 0) is 0 Å². The van der Waals surface area contributed by atoms with Crippen LogP contribution in [-0.4, -0.2) is 28.1 Å². The van der Waals surface area contributed by atoms with Crippen LogP contribution in [0.2, 0.25) is 0 Å². The molecular weight excluding hydrogens is 368 g/mol. The molecule has 1 fully saturated rings. The minimum Gasteiger partial charge on any atom is -0.374 e. The van der Waals surface area contributed by atoms with E-state index in [1.54, 1.807) is 6.33 Å². The topological polar surface area (TPSA) is 51.0 Å². The van der Waals surface area contributed by atoms with Crippen LogP contribution >= 0.6 is 11.3 Å². The lowest BCUT2D eigenvalue weighted by atomic mass is 9.95. The summed E-state index contributed by atoms with van der Waals surface area (Å²) in [7, 11) is 2.11. The lowest BCUT2D eigenvalue weighted by Crippen LogP contribution is -2.26. The lowest BCUT2D eigenvalue weighted by Gasteiger charge is -2.23. The summed E-state index contributed by atoms with van der Waals surface area (Å²) in [6.07, 6.45) is 11.8. The van der Waals surface area contributed by atoms with Gasteiger partial charge in [0.1, 0.15) is 9.53 Å². The number of hydrogen-bond acceptors (Lipinski definition) is 5. The average molecular weight is 401 g/mol. The number of anilines is 1. The van der Waals surface area contributed by atoms with Crippen molar-refractivity contribution < 1.29 is 0 Å². The van der Waals surface area contributed by atoms with Gasteiger partial charge in [0, 0.05) is 25.8 Å². The third-order valence-corrected chi connectivity index (χ3v) is 6.59. The standard InChI is InChI=1S/C20H26N4OS.C2H6/c1-3-4-12-23(2)15-10-11-21-19-16(15)17-18(26-19)20(25)24(13-22-17)14-8-6-5-7-9-14;1-2/h10-11,13-14H,3-9,12H2,1-2H3;1-2H3. The van der Waals surface area contributed by atoms with E-state index >= 15 is 0 Å². The number of nitrogens with zero attached hydrogens (tertiary/aromatic N) is 4. The van der Waals surface area contributed by atoms with Gasteiger partial charge in [0.15, 0.2) is 0 Å². The first-order chi connectivity index (χ1) is 13.7. The number of rotatable bonds is 5. The molecule has 28 heavy (non-hydrogen) atoms. The molecule has 0 amide bonds. The van der Waals surface area contributed by atoms with E-state index in [4.69, 9.17) is 4.98 Å². The van der Waals surface area contributed by atoms with Crippen molar-refractivity contribution in [2.75, 3.05) is 18.5 Å². The van der Waals surface area contributed by atoms with Crippen LogP contribution < -0.4 is 10.5 Å². The van der Waals surface area contributed by atoms with Crippen molar-refractivity contribution in [3.8, 4) is 0 Å². The fourth-order valence-electron chi connectivity index (χ4n) is 4.00. The number of hydrogen-bond donors (Lipinski definition) is 0. The predicted molar refractivity (Wildman–Crippen MR) is 121 cm³/mol. The summed E-state index contributed by atoms with van der Waals surface area (Å²) in [5.41, 5.74) is 2.04. The number of aromatic nitrogens is 3. The van der Waals surface area contributed by atoms with Crippen molar-refractivity contribution in [1.29, 1.82) is 0 Å². The van der Waals surface area contributed by atoms with Crippen LogP contribution in [0, 0.1) is 0 Å². The zero-order valence-electron chi connectivity index (χ0n) is 17.6. The molecule has 3 aromatic heterocycles. The van der Waals surface area contributed by atoms with Crippen LogP contribution in [0.3, 0.4) is 0 Å². The monoisotopic (exact) mass is 400 g/mol. The van der Waals surface area contributed by atoms with Gasteiger partial charge in [-0.2, -0.15) is 0 Å². The van der Waals surface area contributed by atoms with Crippen molar-refractivity contribution in [1.82, 2.24) is 14.5 Å². The van der Waals surface area contributed by atoms with Crippen LogP contribution in [0.5, 0.6) is 0 Å². The highest BCUT2D eigenvalue weighted by molar-refractivity contribution is 7.25. The fourth-order valence-corrected chi connectivity index (χ4v) is 5.06. The van der Waals surface area contributed by atoms with E-state index in [2.05, 4.69) is 23.9 Å². The van der Waals surface area contributed by atoms with Gasteiger partial charge >= 0.3 is 0 Å². The molecule has 152 valence electrons. The van der Waals surface area contributed by atoms with Gasteiger partial charge in [-0.1, -0.05) is 46.5 Å². The first kappa shape index (κ1) is 20.8. The molecule has 6 heteroatoms. The predicted octanol–water partition coefficient (Wildman–Crippen LogP) is 5.77. The van der Waals surface area contributed by atoms with E-state index in [-0.39, 0.29) is 5.56 Å². The molecule has 4 rings (SSSR count). The third-order valence-electron chi connectivity index (χ3n) is 5.51. The molecule has 3 aromatic rings. The second-order valence-electron chi connectivity index (χ2n) is 7.31. The van der Waals surface area contributed by atoms with E-state index in [0.717, 1.165) is 58.3 Å². The Morgan fingerprint density at radius 2 is 1.96 bits per heavy atom. The summed E-state index contributed by atoms with van der Waals surface area (Å²) >= 11 is 1.49. The Hall–Kier alpha value is -1.95. The van der Waals surface area contributed by atoms with Crippen molar-refractivity contribution in [2.24, 2.45) is 0 Å². The normalized spacial score (nSPS) is 14.9. The highest BCUT2D eigenvalue weighted by Crippen LogP contribution is 2.36. The average Bonchev–Trinajstić information content (AvgIpc) is 3.14. The summed E-state index contributed by atoms with van der Waals surface area (Å²) in [4.78, 5) is 25.6. The molecule has 0 unspecified atom stereocenters. The Labute approximate surface area is 171 Å². The first-order valence-electron chi connectivity index (χ1n) is 10.7. The van der Waals surface area contributed by atoms with Crippen LogP contribution in [0.1, 0.15) is 71.8 Å². The minimum atomic E-state index is 0.104. The van der Waals surface area contributed by atoms with Gasteiger partial charge in [0.05, 0.1) is 22.9 Å². The Bertz CT molecular complexity index is 972. The Kier molecular flexibility index (Phi) is 7.05. The largest absolute Gasteiger partial charge is 0.374 e. The van der Waals surface area contributed by atoms with Crippen molar-refractivity contribution in [3.05, 3.63) is 28.9 Å². The summed E-state index contributed by atoms with van der Waals surface area (Å²) in [5.74, 6) is 0. The van der Waals surface area contributed by atoms with Gasteiger partial charge in [-0.15, -0.1) is 11.3 Å². The number of pyridine rings is 1. The first-order valence-corrected chi connectivity index (χ1v) is 11.5. The molecule has 0 radical (unpaired) electrons. The van der Waals surface area contributed by atoms with E-state index in [1.807, 2.05) is 30.7 Å². The molecule has 0 N–H and O–H groups in total. The molecule has 0 aromatic carbocycles. The maximum atomic E-state index is 13.1. The van der Waals surface area contributed by atoms with Gasteiger partial charge in [0.2, 0.25) is 0 Å². The molecule has 0 saturated heterocycles. The van der Waals surface area contributed by atoms with Crippen molar-refractivity contribution in [3.63, 3.8) is 0 Å². The molecule has 0 atom stereocenters. The maximum absolute atomic E-state index is 13.1. The second kappa shape index (κ2) is 9.50. The lowest BCUT2D eigenvalue weighted by molar-refractivity contribution is 0.345. The Morgan fingerprint density at radius 1 is 1.21 bits per heavy atom. The molecule has 1 aliphatic carbocycles. The quantitative estimate of drug-likeness (QED) is 0.545. The van der Waals surface area contributed by atoms with Crippen molar-refractivity contribution in [2.45, 2.75) is 71.8 Å². The molecule has 3 heterocycles. The zero-order valence-corrected chi connectivity index (χ0v) is 18.4. The van der Waals surface area contributed by atoms with E-state index in [9.17, 15) is 4.79 Å². The summed E-state index contributed by atoms with van der Waals surface area (Å²) < 4.78 is 2.62. The molecule has 0 spiro atoms. The van der Waals surface area contributed by atoms with Crippen molar-refractivity contribution >= 4 is 37.5 Å². The Balaban J connectivity index is 0.00000109. The molecular formula is C22H32N4OS. The van der Waals surface area contributed by atoms with Crippen LogP contribution in [0.25, 0.3) is 20.4 Å². The van der Waals surface area contributed by atoms with E-state index < -0.39 is 0 Å². The number of unbranched alkanes of at least 4 members (excludes halogenated alkanes) is 1. The van der Waals surface area contributed by atoms with Gasteiger partial charge in [0.25, 0.3) is 5.56 Å². The zero-order chi connectivity index (χ0) is 20.1. The highest BCUT2D eigenvalue weighted by atomic mass is 32.1. The molecule has 0 aliphatic heterocycles. The molecule has 1 saturated carbocycles. The van der Waals surface area contributed by atoms with Crippen LogP contribution in [0.4, 0.5) is 5.69 Å². The molecule has 1 aliphatic rings. The van der Waals surface area contributed by atoms with Crippen LogP contribution in [0.15, 0.2) is 23.4 Å². The van der Waals surface area contributed by atoms with Gasteiger partial charge in [-0.3, -0.25) is 9.36 Å². The Morgan fingerprint density at radius 3 is 2.68 bits per heavy atom. The SMILES string of the molecule is CC.CCCCN(C)c1ccnc2sc3c(=O)n(C4CCCCC4)cnc3c12. The van der Waals surface area contributed by atoms with Gasteiger partial charge < -0.3 is 4.90 Å². The smallest absolute Gasteiger partial charge is 0.271 e. The summed E-state index contributed by atoms with van der Waals surface area (Å²) in [6, 6.07) is 2.34. The highest BCUT2D eigenvalue weighted by Gasteiger charge is 2.21. The minimum absolute atomic E-state index is 0.104. The maximum Gasteiger partial charge on any atom is 0.271 e. The van der Waals surface area contributed by atoms with E-state index in [1.165, 1.54) is 30.6 Å². The fraction of sp³-hybridized carbons (Fsp3) is 0.591. The number of thiophene rings is 1. The summed E-state index contributed by atoms with van der Waals surface area (Å²) in [6.45, 7) is 7.19. The molecule has 0 bridgehead atoms. The summed E-state index contributed by atoms with van der Waals surface area (Å²) in [5, 5.41) is 1.03. The van der Waals surface area contributed by atoms with E-state index in [0.29, 0.717) is 6.04 Å². The van der Waals surface area contributed by atoms with Gasteiger partial charge in [-0.25, -0.2) is 9.97 Å². The second-order valence-corrected chi connectivity index (χ2v) is 8.31. The third kappa shape index (κ3) is 3.93. The number of fused-ring (bicyclic) bond motifs is 3.